The summed E-state index contributed by atoms with van der Waals surface area (Å²) in [5, 5.41) is 34.3. The van der Waals surface area contributed by atoms with Crippen LogP contribution in [0.4, 0.5) is 0 Å². The summed E-state index contributed by atoms with van der Waals surface area (Å²) in [6, 6.07) is 5.85. The molecule has 2 bridgehead atoms. The molecule has 1 saturated carbocycles. The number of aliphatic hydroxyl groups is 3. The van der Waals surface area contributed by atoms with Crippen LogP contribution in [-0.2, 0) is 54.3 Å². The van der Waals surface area contributed by atoms with Crippen LogP contribution in [0.1, 0.15) is 124 Å². The van der Waals surface area contributed by atoms with E-state index in [0.717, 1.165) is 26.9 Å². The summed E-state index contributed by atoms with van der Waals surface area (Å²) < 4.78 is 31.4. The topological polar surface area (TPSA) is 221 Å². The van der Waals surface area contributed by atoms with Crippen LogP contribution in [0.3, 0.4) is 0 Å². The maximum atomic E-state index is 14.5. The number of benzene rings is 1. The highest BCUT2D eigenvalue weighted by Gasteiger charge is 2.53. The predicted octanol–water partition coefficient (Wildman–Crippen LogP) is 7.20. The van der Waals surface area contributed by atoms with Gasteiger partial charge in [0.05, 0.1) is 31.0 Å². The van der Waals surface area contributed by atoms with Crippen molar-refractivity contribution < 1.29 is 63.0 Å². The first-order chi connectivity index (χ1) is 34.2. The molecule has 0 unspecified atom stereocenters. The van der Waals surface area contributed by atoms with Gasteiger partial charge in [0, 0.05) is 61.9 Å². The molecule has 15 atom stereocenters. The average molecular weight is 1070 g/mol. The number of halogens is 1. The van der Waals surface area contributed by atoms with Gasteiger partial charge >= 0.3 is 5.97 Å². The van der Waals surface area contributed by atoms with Gasteiger partial charge in [-0.25, -0.2) is 4.79 Å². The van der Waals surface area contributed by atoms with Gasteiger partial charge in [-0.3, -0.25) is 19.2 Å². The van der Waals surface area contributed by atoms with E-state index in [9.17, 15) is 39.3 Å². The summed E-state index contributed by atoms with van der Waals surface area (Å²) in [5.41, 5.74) is 9.07. The van der Waals surface area contributed by atoms with Crippen molar-refractivity contribution in [2.24, 2.45) is 35.3 Å². The number of piperidine rings is 1. The lowest BCUT2D eigenvalue weighted by Crippen LogP contribution is -2.61. The largest absolute Gasteiger partial charge is 0.459 e. The van der Waals surface area contributed by atoms with Gasteiger partial charge in [0.1, 0.15) is 30.1 Å². The lowest BCUT2D eigenvalue weighted by molar-refractivity contribution is -0.265. The Morgan fingerprint density at radius 2 is 1.62 bits per heavy atom. The average Bonchev–Trinajstić information content (AvgIpc) is 3.36. The number of cyclic esters (lactones) is 1. The lowest BCUT2D eigenvalue weighted by atomic mass is 9.80. The fourth-order valence-electron chi connectivity index (χ4n) is 10.7. The Balaban J connectivity index is 1.42. The first kappa shape index (κ1) is 59.2. The minimum Gasteiger partial charge on any atom is -0.459 e. The number of Topliss-reactive ketones (excluding diaryl/α,β-unsaturated/α-hetero) is 3. The number of ether oxygens (including phenoxy) is 5. The summed E-state index contributed by atoms with van der Waals surface area (Å²) in [6.45, 7) is 10.8. The van der Waals surface area contributed by atoms with Crippen molar-refractivity contribution in [3.8, 4) is 0 Å². The molecular weight excluding hydrogens is 989 g/mol. The van der Waals surface area contributed by atoms with E-state index in [1.807, 2.05) is 68.5 Å². The van der Waals surface area contributed by atoms with E-state index in [0.29, 0.717) is 64.4 Å². The number of rotatable bonds is 8. The lowest BCUT2D eigenvalue weighted by Gasteiger charge is -2.42. The quantitative estimate of drug-likeness (QED) is 0.115. The normalized spacial score (nSPS) is 36.4. The molecule has 1 aliphatic carbocycles. The molecule has 0 spiro atoms. The number of aliphatic hydroxyl groups excluding tert-OH is 2. The van der Waals surface area contributed by atoms with Gasteiger partial charge in [-0.1, -0.05) is 92.2 Å². The van der Waals surface area contributed by atoms with Crippen molar-refractivity contribution in [3.05, 3.63) is 81.9 Å². The summed E-state index contributed by atoms with van der Waals surface area (Å²) in [5.74, 6) is -8.64. The van der Waals surface area contributed by atoms with Crippen molar-refractivity contribution in [1.82, 2.24) is 4.90 Å². The van der Waals surface area contributed by atoms with Crippen LogP contribution in [0, 0.1) is 29.6 Å². The molecule has 5 rings (SSSR count). The Bertz CT molecular complexity index is 2140. The number of methoxy groups -OCH3 is 2. The highest BCUT2D eigenvalue weighted by atomic mass is 79.9. The zero-order valence-electron chi connectivity index (χ0n) is 43.6. The molecule has 4 aliphatic rings. The first-order valence-electron chi connectivity index (χ1n) is 25.9. The molecule has 1 amide bonds. The molecular formula is C56H81BrN2O13. The Labute approximate surface area is 435 Å². The van der Waals surface area contributed by atoms with Gasteiger partial charge in [-0.2, -0.15) is 0 Å². The molecule has 3 aliphatic heterocycles. The fraction of sp³-hybridized carbons (Fsp3) is 0.661. The number of amides is 1. The number of ketones is 3. The van der Waals surface area contributed by atoms with E-state index < -0.39 is 89.6 Å². The van der Waals surface area contributed by atoms with Crippen molar-refractivity contribution in [1.29, 1.82) is 0 Å². The van der Waals surface area contributed by atoms with Crippen molar-refractivity contribution in [3.63, 3.8) is 0 Å². The number of hydrogen-bond donors (Lipinski definition) is 4. The number of fused-ring (bicyclic) bond motifs is 3. The van der Waals surface area contributed by atoms with E-state index >= 15 is 0 Å². The van der Waals surface area contributed by atoms with Gasteiger partial charge in [0.15, 0.2) is 5.78 Å². The molecule has 0 radical (unpaired) electrons. The molecule has 15 nitrogen and oxygen atoms in total. The van der Waals surface area contributed by atoms with Crippen molar-refractivity contribution in [2.75, 3.05) is 20.8 Å². The highest BCUT2D eigenvalue weighted by Crippen LogP contribution is 2.37. The third-order valence-electron chi connectivity index (χ3n) is 15.3. The summed E-state index contributed by atoms with van der Waals surface area (Å²) in [6.07, 6.45) is 9.79. The zero-order valence-corrected chi connectivity index (χ0v) is 45.2. The van der Waals surface area contributed by atoms with E-state index in [4.69, 9.17) is 29.4 Å². The summed E-state index contributed by atoms with van der Waals surface area (Å²) in [4.78, 5) is 71.8. The minimum atomic E-state index is -2.46. The molecule has 400 valence electrons. The van der Waals surface area contributed by atoms with Crippen LogP contribution < -0.4 is 5.73 Å². The van der Waals surface area contributed by atoms with E-state index in [1.165, 1.54) is 6.08 Å². The van der Waals surface area contributed by atoms with Crippen LogP contribution in [0.15, 0.2) is 76.3 Å². The Hall–Kier alpha value is -3.71. The molecule has 2 saturated heterocycles. The number of carbonyl (C=O) groups excluding carboxylic acids is 5. The van der Waals surface area contributed by atoms with Gasteiger partial charge < -0.3 is 49.6 Å². The standard InChI is InChI=1S/C56H81BrN2O13/c1-33-15-10-9-11-16-34(2)47(68-7)30-42-22-20-38(6)56(67,72-42)53(64)54(65)59-24-13-12-19-44(59)55(66)71-48(31-45(60)35(3)26-37(5)51(62)52(63)50(61)36(4)25-33)43(58)28-39-21-23-46(49(29-39)69-8)70-32-40-17-14-18-41(57)27-40/h9-11,14-18,26-27,33,35-36,38-39,42-44,46-49,51-52,62-63,67H,12-13,19-25,28-32,58H2,1-8H3/b11-9?,15-10+,34-16?,37-26+/t33-,35-,36-,38-,39+,42+,43-,44+,46-,47+,48+,49-,51-,52+,56-/m1/s1. The second-order valence-corrected chi connectivity index (χ2v) is 21.9. The Morgan fingerprint density at radius 3 is 2.33 bits per heavy atom. The third-order valence-corrected chi connectivity index (χ3v) is 15.8. The van der Waals surface area contributed by atoms with Crippen LogP contribution in [0.25, 0.3) is 0 Å². The second-order valence-electron chi connectivity index (χ2n) is 21.0. The molecule has 1 aromatic rings. The number of esters is 1. The maximum Gasteiger partial charge on any atom is 0.329 e. The summed E-state index contributed by atoms with van der Waals surface area (Å²) in [7, 11) is 3.21. The third kappa shape index (κ3) is 15.9. The highest BCUT2D eigenvalue weighted by molar-refractivity contribution is 9.10. The predicted molar refractivity (Wildman–Crippen MR) is 276 cm³/mol. The van der Waals surface area contributed by atoms with E-state index in [-0.39, 0.29) is 54.8 Å². The van der Waals surface area contributed by atoms with Gasteiger partial charge in [-0.15, -0.1) is 0 Å². The van der Waals surface area contributed by atoms with Crippen molar-refractivity contribution in [2.45, 2.75) is 186 Å². The Kier molecular flexibility index (Phi) is 22.8. The van der Waals surface area contributed by atoms with Crippen LogP contribution >= 0.6 is 15.9 Å². The minimum absolute atomic E-state index is 0.0117. The number of nitrogens with two attached hydrogens (primary N) is 1. The van der Waals surface area contributed by atoms with E-state index in [2.05, 4.69) is 15.9 Å². The number of allylic oxidation sites excluding steroid dienone is 6. The van der Waals surface area contributed by atoms with Gasteiger partial charge in [0.2, 0.25) is 5.79 Å². The molecule has 1 aromatic carbocycles. The molecule has 72 heavy (non-hydrogen) atoms. The monoisotopic (exact) mass is 1070 g/mol. The summed E-state index contributed by atoms with van der Waals surface area (Å²) >= 11 is 3.52. The maximum absolute atomic E-state index is 14.5. The van der Waals surface area contributed by atoms with Crippen LogP contribution in [-0.4, -0.2) is 131 Å². The van der Waals surface area contributed by atoms with Gasteiger partial charge in [-0.05, 0) is 119 Å². The van der Waals surface area contributed by atoms with Gasteiger partial charge in [0.25, 0.3) is 11.7 Å². The molecule has 16 heteroatoms. The van der Waals surface area contributed by atoms with Crippen molar-refractivity contribution >= 4 is 45.2 Å². The zero-order chi connectivity index (χ0) is 52.9. The number of nitrogens with zero attached hydrogens (tertiary/aromatic N) is 1. The molecule has 3 fully saturated rings. The molecule has 3 heterocycles. The number of hydrogen-bond acceptors (Lipinski definition) is 14. The SMILES string of the molecule is CO[C@H]1C[C@@H]2CC[C@@H](C)[C@@](O)(O2)C(=O)C(=O)N2CCCC[C@H]2C(=O)O[C@H]([C@H](N)C[C@@H]2CC[C@@H](OCc3cccc(Br)c3)[C@H](OC)C2)CC(=O)[C@H](C)/C=C(\C)[C@@H](O)[C@@H](O)C(=O)[C@H](C)C[C@H](C)/C=C/C=CC=C1C. The Morgan fingerprint density at radius 1 is 0.875 bits per heavy atom. The molecule has 5 N–H and O–H groups in total. The van der Waals surface area contributed by atoms with E-state index in [1.54, 1.807) is 41.9 Å². The smallest absolute Gasteiger partial charge is 0.329 e. The first-order valence-corrected chi connectivity index (χ1v) is 26.7. The number of carbonyl (C=O) groups is 5. The molecule has 0 aromatic heterocycles. The second kappa shape index (κ2) is 27.7. The van der Waals surface area contributed by atoms with Crippen LogP contribution in [0.2, 0.25) is 0 Å². The van der Waals surface area contributed by atoms with Crippen LogP contribution in [0.5, 0.6) is 0 Å². The fourth-order valence-corrected chi connectivity index (χ4v) is 11.1.